The standard InChI is InChI=1S/C44H66N6O2/c51-43(45-37-21-25-39(26-22-37)47-29-9-3-10-30-47)49(41-13-5-1-6-14-41)33-35-17-19-36(20-18-35)34-50(42-15-7-2-8-16-42)44(52)46-38-23-27-40(28-24-38)48-31-11-4-12-32-48/h21-28,35-36,41-42H,1-20,29-34H2,(H,45,51)(H,46,52)/t35-,36-. The number of nitrogens with one attached hydrogen (secondary N) is 2. The molecule has 0 atom stereocenters. The van der Waals surface area contributed by atoms with Crippen molar-refractivity contribution in [1.29, 1.82) is 0 Å². The third-order valence-corrected chi connectivity index (χ3v) is 13.1. The minimum atomic E-state index is 0.0730. The van der Waals surface area contributed by atoms with E-state index in [0.29, 0.717) is 23.9 Å². The van der Waals surface area contributed by atoms with Gasteiger partial charge in [0.2, 0.25) is 0 Å². The molecule has 3 aliphatic carbocycles. The fraction of sp³-hybridized carbons (Fsp3) is 0.682. The van der Waals surface area contributed by atoms with Crippen LogP contribution in [0.2, 0.25) is 0 Å². The van der Waals surface area contributed by atoms with Crippen molar-refractivity contribution < 1.29 is 9.59 Å². The van der Waals surface area contributed by atoms with Crippen LogP contribution in [-0.2, 0) is 0 Å². The average Bonchev–Trinajstić information content (AvgIpc) is 3.21. The Morgan fingerprint density at radius 3 is 1.13 bits per heavy atom. The summed E-state index contributed by atoms with van der Waals surface area (Å²) in [5.74, 6) is 1.03. The minimum Gasteiger partial charge on any atom is -0.372 e. The smallest absolute Gasteiger partial charge is 0.322 e. The molecule has 0 spiro atoms. The van der Waals surface area contributed by atoms with Gasteiger partial charge in [-0.05, 0) is 150 Å². The highest BCUT2D eigenvalue weighted by Gasteiger charge is 2.33. The van der Waals surface area contributed by atoms with Crippen molar-refractivity contribution in [1.82, 2.24) is 9.80 Å². The summed E-state index contributed by atoms with van der Waals surface area (Å²) >= 11 is 0. The van der Waals surface area contributed by atoms with E-state index in [0.717, 1.165) is 102 Å². The number of nitrogens with zero attached hydrogens (tertiary/aromatic N) is 4. The first-order chi connectivity index (χ1) is 25.6. The molecule has 0 aromatic heterocycles. The van der Waals surface area contributed by atoms with Gasteiger partial charge in [-0.2, -0.15) is 0 Å². The Bertz CT molecular complexity index is 1280. The van der Waals surface area contributed by atoms with E-state index < -0.39 is 0 Å². The van der Waals surface area contributed by atoms with Crippen LogP contribution < -0.4 is 20.4 Å². The van der Waals surface area contributed by atoms with Gasteiger partial charge in [0.05, 0.1) is 0 Å². The van der Waals surface area contributed by atoms with Gasteiger partial charge in [0.25, 0.3) is 0 Å². The predicted molar refractivity (Wildman–Crippen MR) is 216 cm³/mol. The summed E-state index contributed by atoms with van der Waals surface area (Å²) in [7, 11) is 0. The van der Waals surface area contributed by atoms with Crippen LogP contribution in [0.4, 0.5) is 32.3 Å². The van der Waals surface area contributed by atoms with E-state index in [-0.39, 0.29) is 12.1 Å². The maximum Gasteiger partial charge on any atom is 0.322 e. The Labute approximate surface area is 314 Å². The second-order valence-corrected chi connectivity index (χ2v) is 16.8. The van der Waals surface area contributed by atoms with E-state index >= 15 is 0 Å². The average molecular weight is 711 g/mol. The highest BCUT2D eigenvalue weighted by Crippen LogP contribution is 2.34. The van der Waals surface area contributed by atoms with Crippen LogP contribution in [0.1, 0.15) is 128 Å². The number of benzene rings is 2. The molecule has 4 amide bonds. The summed E-state index contributed by atoms with van der Waals surface area (Å²) in [6.07, 6.45) is 24.1. The molecule has 2 N–H and O–H groups in total. The van der Waals surface area contributed by atoms with Crippen molar-refractivity contribution in [2.45, 2.75) is 141 Å². The van der Waals surface area contributed by atoms with Gasteiger partial charge in [-0.3, -0.25) is 0 Å². The molecule has 2 saturated heterocycles. The lowest BCUT2D eigenvalue weighted by Crippen LogP contribution is -2.48. The first kappa shape index (κ1) is 36.9. The van der Waals surface area contributed by atoms with Gasteiger partial charge in [0.15, 0.2) is 0 Å². The summed E-state index contributed by atoms with van der Waals surface area (Å²) in [6.45, 7) is 6.20. The molecule has 3 saturated carbocycles. The normalized spacial score (nSPS) is 23.5. The Kier molecular flexibility index (Phi) is 13.2. The molecule has 2 aromatic rings. The van der Waals surface area contributed by atoms with Crippen molar-refractivity contribution in [3.8, 4) is 0 Å². The molecule has 5 aliphatic rings. The predicted octanol–water partition coefficient (Wildman–Crippen LogP) is 10.5. The molecule has 8 heteroatoms. The number of anilines is 4. The Morgan fingerprint density at radius 2 is 0.788 bits per heavy atom. The maximum absolute atomic E-state index is 13.9. The third kappa shape index (κ3) is 9.96. The zero-order chi connectivity index (χ0) is 35.5. The summed E-state index contributed by atoms with van der Waals surface area (Å²) in [5, 5.41) is 6.59. The van der Waals surface area contributed by atoms with Gasteiger partial charge in [0, 0.05) is 74.1 Å². The van der Waals surface area contributed by atoms with Crippen molar-refractivity contribution >= 4 is 34.8 Å². The van der Waals surface area contributed by atoms with Crippen LogP contribution in [-0.4, -0.2) is 73.2 Å². The van der Waals surface area contributed by atoms with Crippen molar-refractivity contribution in [2.24, 2.45) is 11.8 Å². The lowest BCUT2D eigenvalue weighted by molar-refractivity contribution is 0.117. The summed E-state index contributed by atoms with van der Waals surface area (Å²) in [6, 6.07) is 17.9. The number of amides is 4. The van der Waals surface area contributed by atoms with Gasteiger partial charge >= 0.3 is 12.1 Å². The molecule has 52 heavy (non-hydrogen) atoms. The SMILES string of the molecule is O=C(Nc1ccc(N2CCCCC2)cc1)N(C[C@H]1CC[C@H](CN(C(=O)Nc2ccc(N3CCCCC3)cc2)C2CCCCC2)CC1)C1CCCCC1. The molecular weight excluding hydrogens is 645 g/mol. The Balaban J connectivity index is 0.938. The molecule has 284 valence electrons. The largest absolute Gasteiger partial charge is 0.372 e. The van der Waals surface area contributed by atoms with Crippen LogP contribution >= 0.6 is 0 Å². The van der Waals surface area contributed by atoms with Gasteiger partial charge < -0.3 is 30.2 Å². The summed E-state index contributed by atoms with van der Waals surface area (Å²) in [5.41, 5.74) is 4.32. The molecule has 0 radical (unpaired) electrons. The van der Waals surface area contributed by atoms with Crippen LogP contribution in [0.3, 0.4) is 0 Å². The lowest BCUT2D eigenvalue weighted by Gasteiger charge is -2.40. The maximum atomic E-state index is 13.9. The first-order valence-corrected chi connectivity index (χ1v) is 21.4. The van der Waals surface area contributed by atoms with Crippen molar-refractivity contribution in [3.05, 3.63) is 48.5 Å². The second kappa shape index (κ2) is 18.6. The molecular formula is C44H66N6O2. The van der Waals surface area contributed by atoms with Crippen LogP contribution in [0.15, 0.2) is 48.5 Å². The van der Waals surface area contributed by atoms with E-state index in [1.165, 1.54) is 88.4 Å². The van der Waals surface area contributed by atoms with E-state index in [2.05, 4.69) is 78.8 Å². The fourth-order valence-corrected chi connectivity index (χ4v) is 9.94. The van der Waals surface area contributed by atoms with Crippen LogP contribution in [0, 0.1) is 11.8 Å². The number of hydrogen-bond acceptors (Lipinski definition) is 4. The zero-order valence-electron chi connectivity index (χ0n) is 31.9. The summed E-state index contributed by atoms with van der Waals surface area (Å²) in [4.78, 5) is 37.2. The number of rotatable bonds is 10. The van der Waals surface area contributed by atoms with E-state index in [1.54, 1.807) is 0 Å². The van der Waals surface area contributed by atoms with Crippen molar-refractivity contribution in [3.63, 3.8) is 0 Å². The van der Waals surface area contributed by atoms with Gasteiger partial charge in [-0.15, -0.1) is 0 Å². The molecule has 5 fully saturated rings. The van der Waals surface area contributed by atoms with Gasteiger partial charge in [0.1, 0.15) is 0 Å². The fourth-order valence-electron chi connectivity index (χ4n) is 9.94. The molecule has 2 heterocycles. The number of urea groups is 2. The highest BCUT2D eigenvalue weighted by molar-refractivity contribution is 5.90. The second-order valence-electron chi connectivity index (χ2n) is 16.8. The lowest BCUT2D eigenvalue weighted by atomic mass is 9.80. The molecule has 0 bridgehead atoms. The molecule has 2 aromatic carbocycles. The number of carbonyl (C=O) groups is 2. The molecule has 8 nitrogen and oxygen atoms in total. The Morgan fingerprint density at radius 1 is 0.462 bits per heavy atom. The first-order valence-electron chi connectivity index (χ1n) is 21.4. The monoisotopic (exact) mass is 711 g/mol. The minimum absolute atomic E-state index is 0.0730. The van der Waals surface area contributed by atoms with Gasteiger partial charge in [-0.25, -0.2) is 9.59 Å². The van der Waals surface area contributed by atoms with Crippen molar-refractivity contribution in [2.75, 3.05) is 59.7 Å². The topological polar surface area (TPSA) is 71.2 Å². The van der Waals surface area contributed by atoms with Crippen LogP contribution in [0.25, 0.3) is 0 Å². The molecule has 7 rings (SSSR count). The van der Waals surface area contributed by atoms with Gasteiger partial charge in [-0.1, -0.05) is 38.5 Å². The Hall–Kier alpha value is -3.42. The quantitative estimate of drug-likeness (QED) is 0.258. The van der Waals surface area contributed by atoms with E-state index in [9.17, 15) is 9.59 Å². The molecule has 2 aliphatic heterocycles. The van der Waals surface area contributed by atoms with E-state index in [1.807, 2.05) is 0 Å². The highest BCUT2D eigenvalue weighted by atomic mass is 16.2. The number of hydrogen-bond donors (Lipinski definition) is 2. The van der Waals surface area contributed by atoms with Crippen LogP contribution in [0.5, 0.6) is 0 Å². The number of piperidine rings is 2. The third-order valence-electron chi connectivity index (χ3n) is 13.1. The van der Waals surface area contributed by atoms with E-state index in [4.69, 9.17) is 0 Å². The zero-order valence-corrected chi connectivity index (χ0v) is 31.9. The summed E-state index contributed by atoms with van der Waals surface area (Å²) < 4.78 is 0. The number of carbonyl (C=O) groups excluding carboxylic acids is 2. The molecule has 0 unspecified atom stereocenters.